The number of carbonyl (C=O) groups is 1. The number of nitriles is 1. The summed E-state index contributed by atoms with van der Waals surface area (Å²) >= 11 is 0. The first-order chi connectivity index (χ1) is 10.6. The highest BCUT2D eigenvalue weighted by Crippen LogP contribution is 2.22. The first kappa shape index (κ1) is 15.3. The Hall–Kier alpha value is -3.13. The fraction of sp³-hybridized carbons (Fsp3) is 0.0588. The maximum atomic E-state index is 12.8. The molecule has 0 fully saturated rings. The first-order valence-corrected chi connectivity index (χ1v) is 6.48. The highest BCUT2D eigenvalue weighted by molar-refractivity contribution is 6.00. The van der Waals surface area contributed by atoms with Crippen molar-refractivity contribution in [3.05, 3.63) is 71.0 Å². The van der Waals surface area contributed by atoms with E-state index >= 15 is 0 Å². The number of primary amides is 1. The van der Waals surface area contributed by atoms with Gasteiger partial charge in [-0.05, 0) is 29.8 Å². The summed E-state index contributed by atoms with van der Waals surface area (Å²) in [5, 5.41) is 8.89. The van der Waals surface area contributed by atoms with E-state index in [2.05, 4.69) is 0 Å². The van der Waals surface area contributed by atoms with Crippen LogP contribution in [0, 0.1) is 17.1 Å². The number of amides is 1. The number of rotatable bonds is 5. The fourth-order valence-electron chi connectivity index (χ4n) is 1.79. The van der Waals surface area contributed by atoms with Crippen molar-refractivity contribution < 1.29 is 13.9 Å². The first-order valence-electron chi connectivity index (χ1n) is 6.48. The zero-order valence-electron chi connectivity index (χ0n) is 11.6. The van der Waals surface area contributed by atoms with Crippen LogP contribution in [0.1, 0.15) is 11.1 Å². The number of carbonyl (C=O) groups excluding carboxylic acids is 1. The molecular formula is C17H13FN2O2. The van der Waals surface area contributed by atoms with Gasteiger partial charge in [0.05, 0.1) is 0 Å². The lowest BCUT2D eigenvalue weighted by Crippen LogP contribution is -2.12. The number of nitrogens with two attached hydrogens (primary N) is 1. The van der Waals surface area contributed by atoms with Gasteiger partial charge in [0.15, 0.2) is 0 Å². The van der Waals surface area contributed by atoms with Crippen molar-refractivity contribution in [2.45, 2.75) is 6.61 Å². The number of hydrogen-bond donors (Lipinski definition) is 1. The van der Waals surface area contributed by atoms with Crippen LogP contribution >= 0.6 is 0 Å². The lowest BCUT2D eigenvalue weighted by molar-refractivity contribution is -0.114. The Morgan fingerprint density at radius 3 is 2.55 bits per heavy atom. The predicted molar refractivity (Wildman–Crippen MR) is 80.0 cm³/mol. The Morgan fingerprint density at radius 2 is 1.91 bits per heavy atom. The monoisotopic (exact) mass is 296 g/mol. The summed E-state index contributed by atoms with van der Waals surface area (Å²) in [4.78, 5) is 11.1. The molecule has 0 radical (unpaired) electrons. The van der Waals surface area contributed by atoms with Crippen LogP contribution in [0.4, 0.5) is 4.39 Å². The van der Waals surface area contributed by atoms with Crippen molar-refractivity contribution in [2.75, 3.05) is 0 Å². The van der Waals surface area contributed by atoms with E-state index in [1.807, 2.05) is 0 Å². The highest BCUT2D eigenvalue weighted by Gasteiger charge is 2.07. The number of nitrogens with zero attached hydrogens (tertiary/aromatic N) is 1. The van der Waals surface area contributed by atoms with Gasteiger partial charge in [0.2, 0.25) is 0 Å². The van der Waals surface area contributed by atoms with Gasteiger partial charge < -0.3 is 10.5 Å². The summed E-state index contributed by atoms with van der Waals surface area (Å²) in [5.74, 6) is -0.608. The minimum atomic E-state index is -0.796. The molecule has 2 rings (SSSR count). The lowest BCUT2D eigenvalue weighted by Gasteiger charge is -2.09. The second-order valence-corrected chi connectivity index (χ2v) is 4.49. The van der Waals surface area contributed by atoms with Crippen molar-refractivity contribution in [3.8, 4) is 11.8 Å². The van der Waals surface area contributed by atoms with E-state index in [4.69, 9.17) is 15.7 Å². The summed E-state index contributed by atoms with van der Waals surface area (Å²) in [6.07, 6.45) is 1.38. The van der Waals surface area contributed by atoms with E-state index in [9.17, 15) is 9.18 Å². The van der Waals surface area contributed by atoms with Crippen molar-refractivity contribution in [1.29, 1.82) is 5.26 Å². The molecule has 1 amide bonds. The minimum Gasteiger partial charge on any atom is -0.488 e. The second kappa shape index (κ2) is 7.04. The van der Waals surface area contributed by atoms with Crippen LogP contribution in [0.25, 0.3) is 6.08 Å². The largest absolute Gasteiger partial charge is 0.488 e. The summed E-state index contributed by atoms with van der Waals surface area (Å²) in [7, 11) is 0. The molecule has 0 heterocycles. The SMILES string of the molecule is N#CC(=Cc1ccccc1OCc1ccc(F)cc1)C(N)=O. The molecular weight excluding hydrogens is 283 g/mol. The number of hydrogen-bond acceptors (Lipinski definition) is 3. The quantitative estimate of drug-likeness (QED) is 0.681. The molecule has 0 saturated heterocycles. The predicted octanol–water partition coefficient (Wildman–Crippen LogP) is 2.80. The van der Waals surface area contributed by atoms with Gasteiger partial charge in [-0.15, -0.1) is 0 Å². The standard InChI is InChI=1S/C17H13FN2O2/c18-15-7-5-12(6-8-15)11-22-16-4-2-1-3-13(16)9-14(10-19)17(20)21/h1-9H,11H2,(H2,20,21). The molecule has 4 nitrogen and oxygen atoms in total. The van der Waals surface area contributed by atoms with E-state index in [0.717, 1.165) is 5.56 Å². The average Bonchev–Trinajstić information content (AvgIpc) is 2.52. The summed E-state index contributed by atoms with van der Waals surface area (Å²) < 4.78 is 18.5. The molecule has 2 aromatic rings. The van der Waals surface area contributed by atoms with Gasteiger partial charge in [-0.2, -0.15) is 5.26 Å². The molecule has 0 aromatic heterocycles. The van der Waals surface area contributed by atoms with Gasteiger partial charge in [-0.1, -0.05) is 30.3 Å². The summed E-state index contributed by atoms with van der Waals surface area (Å²) in [6, 6.07) is 14.6. The Labute approximate surface area is 127 Å². The Bertz CT molecular complexity index is 746. The molecule has 22 heavy (non-hydrogen) atoms. The molecule has 2 N–H and O–H groups in total. The smallest absolute Gasteiger partial charge is 0.259 e. The van der Waals surface area contributed by atoms with Gasteiger partial charge in [0.25, 0.3) is 5.91 Å². The Kier molecular flexibility index (Phi) is 4.89. The van der Waals surface area contributed by atoms with E-state index in [0.29, 0.717) is 11.3 Å². The normalized spacial score (nSPS) is 10.8. The molecule has 5 heteroatoms. The highest BCUT2D eigenvalue weighted by atomic mass is 19.1. The maximum Gasteiger partial charge on any atom is 0.259 e. The van der Waals surface area contributed by atoms with Crippen LogP contribution in [0.15, 0.2) is 54.1 Å². The average molecular weight is 296 g/mol. The minimum absolute atomic E-state index is 0.155. The molecule has 0 bridgehead atoms. The third kappa shape index (κ3) is 3.93. The molecule has 0 spiro atoms. The Balaban J connectivity index is 2.20. The van der Waals surface area contributed by atoms with Gasteiger partial charge >= 0.3 is 0 Å². The number of para-hydroxylation sites is 1. The van der Waals surface area contributed by atoms with Gasteiger partial charge in [-0.25, -0.2) is 4.39 Å². The van der Waals surface area contributed by atoms with Crippen molar-refractivity contribution in [1.82, 2.24) is 0 Å². The maximum absolute atomic E-state index is 12.8. The molecule has 2 aromatic carbocycles. The summed E-state index contributed by atoms with van der Waals surface area (Å²) in [5.41, 5.74) is 6.33. The molecule has 0 aliphatic carbocycles. The fourth-order valence-corrected chi connectivity index (χ4v) is 1.79. The lowest BCUT2D eigenvalue weighted by atomic mass is 10.1. The van der Waals surface area contributed by atoms with Crippen molar-refractivity contribution in [2.24, 2.45) is 5.73 Å². The van der Waals surface area contributed by atoms with Crippen LogP contribution in [0.3, 0.4) is 0 Å². The molecule has 0 aliphatic heterocycles. The molecule has 0 aliphatic rings. The second-order valence-electron chi connectivity index (χ2n) is 4.49. The van der Waals surface area contributed by atoms with Gasteiger partial charge in [0.1, 0.15) is 29.8 Å². The molecule has 0 unspecified atom stereocenters. The third-order valence-corrected chi connectivity index (χ3v) is 2.91. The van der Waals surface area contributed by atoms with Crippen LogP contribution in [0.5, 0.6) is 5.75 Å². The molecule has 110 valence electrons. The summed E-state index contributed by atoms with van der Waals surface area (Å²) in [6.45, 7) is 0.240. The van der Waals surface area contributed by atoms with Crippen LogP contribution in [-0.2, 0) is 11.4 Å². The van der Waals surface area contributed by atoms with E-state index < -0.39 is 5.91 Å². The van der Waals surface area contributed by atoms with Crippen LogP contribution < -0.4 is 10.5 Å². The molecule has 0 atom stereocenters. The van der Waals surface area contributed by atoms with Crippen LogP contribution in [-0.4, -0.2) is 5.91 Å². The van der Waals surface area contributed by atoms with E-state index in [1.54, 1.807) is 42.5 Å². The zero-order valence-corrected chi connectivity index (χ0v) is 11.6. The van der Waals surface area contributed by atoms with Gasteiger partial charge in [0, 0.05) is 5.56 Å². The number of ether oxygens (including phenoxy) is 1. The van der Waals surface area contributed by atoms with Crippen LogP contribution in [0.2, 0.25) is 0 Å². The topological polar surface area (TPSA) is 76.1 Å². The van der Waals surface area contributed by atoms with Crippen molar-refractivity contribution in [3.63, 3.8) is 0 Å². The molecule has 0 saturated carbocycles. The Morgan fingerprint density at radius 1 is 1.23 bits per heavy atom. The number of halogens is 1. The number of benzene rings is 2. The zero-order chi connectivity index (χ0) is 15.9. The van der Waals surface area contributed by atoms with Gasteiger partial charge in [-0.3, -0.25) is 4.79 Å². The van der Waals surface area contributed by atoms with E-state index in [-0.39, 0.29) is 18.0 Å². The van der Waals surface area contributed by atoms with E-state index in [1.165, 1.54) is 18.2 Å². The third-order valence-electron chi connectivity index (χ3n) is 2.91. The van der Waals surface area contributed by atoms with Crippen molar-refractivity contribution >= 4 is 12.0 Å².